The van der Waals surface area contributed by atoms with E-state index in [2.05, 4.69) is 10.5 Å². The predicted molar refractivity (Wildman–Crippen MR) is 107 cm³/mol. The quantitative estimate of drug-likeness (QED) is 0.739. The minimum atomic E-state index is -4.68. The fraction of sp³-hybridized carbons (Fsp3) is 0.368. The molecule has 11 heteroatoms. The summed E-state index contributed by atoms with van der Waals surface area (Å²) >= 11 is 11.8. The highest BCUT2D eigenvalue weighted by Crippen LogP contribution is 2.36. The third-order valence-electron chi connectivity index (χ3n) is 5.20. The van der Waals surface area contributed by atoms with Crippen molar-refractivity contribution in [2.24, 2.45) is 0 Å². The number of nitrogens with zero attached hydrogens (tertiary/aromatic N) is 4. The van der Waals surface area contributed by atoms with Gasteiger partial charge in [-0.1, -0.05) is 23.2 Å². The van der Waals surface area contributed by atoms with Crippen molar-refractivity contribution in [1.82, 2.24) is 20.1 Å². The molecular weight excluding hydrogens is 442 g/mol. The molecular formula is C19H18Cl2F3N5O. The molecule has 0 radical (unpaired) electrons. The standard InChI is InChI=1S/C19H18Cl2F3N5O/c1-11-17(21)18(19(22,23)24)26-28(11)10-16(30)27-8-2-3-14-15(27)9-25-29(14)13-6-4-12(20)5-7-13/h4-7,25H,2-3,8-10H2,1H3. The van der Waals surface area contributed by atoms with Gasteiger partial charge in [0.1, 0.15) is 6.54 Å². The van der Waals surface area contributed by atoms with Gasteiger partial charge in [-0.2, -0.15) is 18.3 Å². The topological polar surface area (TPSA) is 53.4 Å². The van der Waals surface area contributed by atoms with Crippen LogP contribution in [0.4, 0.5) is 18.9 Å². The van der Waals surface area contributed by atoms with E-state index in [9.17, 15) is 18.0 Å². The Morgan fingerprint density at radius 2 is 1.90 bits per heavy atom. The number of benzene rings is 1. The molecule has 1 aromatic carbocycles. The molecule has 3 heterocycles. The maximum absolute atomic E-state index is 13.1. The summed E-state index contributed by atoms with van der Waals surface area (Å²) in [6.07, 6.45) is -3.16. The van der Waals surface area contributed by atoms with Gasteiger partial charge in [0, 0.05) is 11.6 Å². The summed E-state index contributed by atoms with van der Waals surface area (Å²) in [4.78, 5) is 14.6. The van der Waals surface area contributed by atoms with E-state index < -0.39 is 16.9 Å². The summed E-state index contributed by atoms with van der Waals surface area (Å²) in [5.41, 5.74) is 4.85. The van der Waals surface area contributed by atoms with Crippen LogP contribution in [0.25, 0.3) is 0 Å². The molecule has 0 saturated carbocycles. The van der Waals surface area contributed by atoms with Crippen molar-refractivity contribution in [3.63, 3.8) is 0 Å². The Morgan fingerprint density at radius 3 is 2.53 bits per heavy atom. The summed E-state index contributed by atoms with van der Waals surface area (Å²) in [5, 5.41) is 5.59. The largest absolute Gasteiger partial charge is 0.436 e. The molecule has 0 bridgehead atoms. The van der Waals surface area contributed by atoms with Crippen LogP contribution in [0.15, 0.2) is 35.7 Å². The molecule has 0 spiro atoms. The van der Waals surface area contributed by atoms with Crippen LogP contribution in [0.3, 0.4) is 0 Å². The number of halogens is 5. The van der Waals surface area contributed by atoms with Crippen molar-refractivity contribution in [2.75, 3.05) is 18.1 Å². The highest BCUT2D eigenvalue weighted by atomic mass is 35.5. The molecule has 2 aromatic rings. The first-order valence-electron chi connectivity index (χ1n) is 9.28. The summed E-state index contributed by atoms with van der Waals surface area (Å²) in [6.45, 7) is 2.03. The van der Waals surface area contributed by atoms with Gasteiger partial charge < -0.3 is 4.90 Å². The van der Waals surface area contributed by atoms with Crippen LogP contribution in [-0.4, -0.2) is 33.7 Å². The van der Waals surface area contributed by atoms with E-state index >= 15 is 0 Å². The van der Waals surface area contributed by atoms with E-state index in [0.29, 0.717) is 18.1 Å². The van der Waals surface area contributed by atoms with E-state index in [-0.39, 0.29) is 18.1 Å². The van der Waals surface area contributed by atoms with Gasteiger partial charge >= 0.3 is 6.18 Å². The van der Waals surface area contributed by atoms with Crippen molar-refractivity contribution >= 4 is 34.8 Å². The number of carbonyl (C=O) groups excluding carboxylic acids is 1. The summed E-state index contributed by atoms with van der Waals surface area (Å²) in [6, 6.07) is 7.32. The third kappa shape index (κ3) is 3.77. The number of hydrazine groups is 1. The minimum Gasteiger partial charge on any atom is -0.311 e. The average molecular weight is 460 g/mol. The molecule has 4 rings (SSSR count). The van der Waals surface area contributed by atoms with E-state index in [1.807, 2.05) is 17.1 Å². The SMILES string of the molecule is Cc1c(Cl)c(C(F)(F)F)nn1CC(=O)N1CCCC2=C1CNN2c1ccc(Cl)cc1. The minimum absolute atomic E-state index is 0.107. The molecule has 0 saturated heterocycles. The van der Waals surface area contributed by atoms with Crippen LogP contribution >= 0.6 is 23.2 Å². The zero-order chi connectivity index (χ0) is 21.6. The third-order valence-corrected chi connectivity index (χ3v) is 5.91. The van der Waals surface area contributed by atoms with Crippen molar-refractivity contribution in [3.8, 4) is 0 Å². The maximum atomic E-state index is 13.1. The van der Waals surface area contributed by atoms with E-state index in [1.54, 1.807) is 17.0 Å². The zero-order valence-electron chi connectivity index (χ0n) is 15.9. The van der Waals surface area contributed by atoms with Crippen molar-refractivity contribution in [2.45, 2.75) is 32.5 Å². The number of allylic oxidation sites excluding steroid dienone is 1. The molecule has 2 aliphatic heterocycles. The first-order valence-corrected chi connectivity index (χ1v) is 10.0. The number of hydrogen-bond donors (Lipinski definition) is 1. The second kappa shape index (κ2) is 7.79. The second-order valence-electron chi connectivity index (χ2n) is 7.09. The highest BCUT2D eigenvalue weighted by molar-refractivity contribution is 6.32. The van der Waals surface area contributed by atoms with Crippen molar-refractivity contribution in [1.29, 1.82) is 0 Å². The molecule has 0 aliphatic carbocycles. The van der Waals surface area contributed by atoms with Gasteiger partial charge in [0.25, 0.3) is 0 Å². The number of amides is 1. The number of carbonyl (C=O) groups is 1. The van der Waals surface area contributed by atoms with Gasteiger partial charge in [-0.3, -0.25) is 14.5 Å². The smallest absolute Gasteiger partial charge is 0.311 e. The zero-order valence-corrected chi connectivity index (χ0v) is 17.4. The van der Waals surface area contributed by atoms with Crippen LogP contribution in [0.5, 0.6) is 0 Å². The van der Waals surface area contributed by atoms with Gasteiger partial charge in [-0.25, -0.2) is 5.43 Å². The first kappa shape index (κ1) is 21.0. The van der Waals surface area contributed by atoms with Crippen molar-refractivity contribution in [3.05, 3.63) is 57.1 Å². The number of rotatable bonds is 3. The second-order valence-corrected chi connectivity index (χ2v) is 7.91. The fourth-order valence-corrected chi connectivity index (χ4v) is 4.08. The lowest BCUT2D eigenvalue weighted by Gasteiger charge is -2.30. The first-order chi connectivity index (χ1) is 14.2. The normalized spacial score (nSPS) is 17.0. The Labute approximate surface area is 180 Å². The number of alkyl halides is 3. The lowest BCUT2D eigenvalue weighted by molar-refractivity contribution is -0.142. The molecule has 0 fully saturated rings. The Balaban J connectivity index is 1.58. The van der Waals surface area contributed by atoms with Crippen LogP contribution < -0.4 is 10.4 Å². The average Bonchev–Trinajstić information content (AvgIpc) is 3.25. The summed E-state index contributed by atoms with van der Waals surface area (Å²) in [5.74, 6) is -0.335. The maximum Gasteiger partial charge on any atom is 0.436 e. The van der Waals surface area contributed by atoms with Gasteiger partial charge in [0.15, 0.2) is 5.69 Å². The van der Waals surface area contributed by atoms with Crippen LogP contribution in [-0.2, 0) is 17.5 Å². The Bertz CT molecular complexity index is 1020. The Kier molecular flexibility index (Phi) is 5.46. The van der Waals surface area contributed by atoms with Gasteiger partial charge in [-0.05, 0) is 44.0 Å². The molecule has 2 aliphatic rings. The van der Waals surface area contributed by atoms with Crippen molar-refractivity contribution < 1.29 is 18.0 Å². The lowest BCUT2D eigenvalue weighted by Crippen LogP contribution is -2.38. The van der Waals surface area contributed by atoms with Gasteiger partial charge in [0.2, 0.25) is 5.91 Å². The van der Waals surface area contributed by atoms with Crippen LogP contribution in [0, 0.1) is 6.92 Å². The molecule has 160 valence electrons. The number of anilines is 1. The Hall–Kier alpha value is -2.23. The molecule has 0 atom stereocenters. The monoisotopic (exact) mass is 459 g/mol. The fourth-order valence-electron chi connectivity index (χ4n) is 3.71. The number of nitrogens with one attached hydrogen (secondary N) is 1. The van der Waals surface area contributed by atoms with Crippen LogP contribution in [0.1, 0.15) is 24.2 Å². The molecule has 1 amide bonds. The molecule has 6 nitrogen and oxygen atoms in total. The van der Waals surface area contributed by atoms with Gasteiger partial charge in [0.05, 0.1) is 34.3 Å². The van der Waals surface area contributed by atoms with Crippen LogP contribution in [0.2, 0.25) is 10.0 Å². The lowest BCUT2D eigenvalue weighted by atomic mass is 10.1. The highest BCUT2D eigenvalue weighted by Gasteiger charge is 2.39. The molecule has 0 unspecified atom stereocenters. The van der Waals surface area contributed by atoms with E-state index in [1.165, 1.54) is 6.92 Å². The van der Waals surface area contributed by atoms with E-state index in [0.717, 1.165) is 34.6 Å². The molecule has 1 aromatic heterocycles. The molecule has 30 heavy (non-hydrogen) atoms. The molecule has 1 N–H and O–H groups in total. The Morgan fingerprint density at radius 1 is 1.20 bits per heavy atom. The summed E-state index contributed by atoms with van der Waals surface area (Å²) < 4.78 is 40.2. The van der Waals surface area contributed by atoms with E-state index in [4.69, 9.17) is 23.2 Å². The summed E-state index contributed by atoms with van der Waals surface area (Å²) in [7, 11) is 0. The number of aromatic nitrogens is 2. The predicted octanol–water partition coefficient (Wildman–Crippen LogP) is 4.38. The van der Waals surface area contributed by atoms with Gasteiger partial charge in [-0.15, -0.1) is 0 Å². The number of hydrogen-bond acceptors (Lipinski definition) is 4.